The zero-order valence-corrected chi connectivity index (χ0v) is 15.7. The Morgan fingerprint density at radius 2 is 1.82 bits per heavy atom. The Hall–Kier alpha value is -2.41. The van der Waals surface area contributed by atoms with Crippen LogP contribution in [0.5, 0.6) is 0 Å². The predicted octanol–water partition coefficient (Wildman–Crippen LogP) is 3.66. The Bertz CT molecular complexity index is 875. The molecule has 2 saturated carbocycles. The SMILES string of the molecule is O=C1N2C[C@@H](CC[C@H]2c2nnc(C3[C@H]4CCC[C@@H]34)o2)N1OCc1ccccc1. The summed E-state index contributed by atoms with van der Waals surface area (Å²) >= 11 is 0. The highest BCUT2D eigenvalue weighted by Gasteiger charge is 2.56. The lowest BCUT2D eigenvalue weighted by Gasteiger charge is -2.27. The molecule has 2 aromatic rings. The van der Waals surface area contributed by atoms with Gasteiger partial charge in [0.05, 0.1) is 6.04 Å². The summed E-state index contributed by atoms with van der Waals surface area (Å²) in [5.41, 5.74) is 1.06. The van der Waals surface area contributed by atoms with E-state index in [0.29, 0.717) is 25.0 Å². The lowest BCUT2D eigenvalue weighted by atomic mass is 10.0. The average Bonchev–Trinajstić information content (AvgIpc) is 3.13. The molecule has 0 N–H and O–H groups in total. The standard InChI is InChI=1S/C21H24N4O3/c26-21-24-11-14(25(21)27-12-13-5-2-1-3-6-13)9-10-17(24)19-22-23-20(28-19)18-15-7-4-8-16(15)18/h1-3,5-6,14-18H,4,7-12H2/t14-,15-,16+,17+,18?/m1/s1. The molecular formula is C21H24N4O3. The van der Waals surface area contributed by atoms with Gasteiger partial charge in [-0.05, 0) is 43.1 Å². The molecule has 2 bridgehead atoms. The Labute approximate surface area is 163 Å². The summed E-state index contributed by atoms with van der Waals surface area (Å²) in [4.78, 5) is 20.7. The van der Waals surface area contributed by atoms with Crippen molar-refractivity contribution in [2.75, 3.05) is 6.54 Å². The molecule has 1 aromatic heterocycles. The van der Waals surface area contributed by atoms with Gasteiger partial charge < -0.3 is 9.32 Å². The number of hydrogen-bond acceptors (Lipinski definition) is 5. The number of rotatable bonds is 5. The molecule has 6 rings (SSSR count). The maximum atomic E-state index is 12.9. The molecule has 3 heterocycles. The molecular weight excluding hydrogens is 356 g/mol. The second-order valence-corrected chi connectivity index (χ2v) is 8.53. The summed E-state index contributed by atoms with van der Waals surface area (Å²) in [5, 5.41) is 10.2. The number of fused-ring (bicyclic) bond motifs is 3. The number of carbonyl (C=O) groups is 1. The maximum absolute atomic E-state index is 12.9. The summed E-state index contributed by atoms with van der Waals surface area (Å²) < 4.78 is 6.07. The summed E-state index contributed by atoms with van der Waals surface area (Å²) in [6.07, 6.45) is 5.62. The van der Waals surface area contributed by atoms with Gasteiger partial charge in [0.2, 0.25) is 11.8 Å². The predicted molar refractivity (Wildman–Crippen MR) is 98.8 cm³/mol. The van der Waals surface area contributed by atoms with E-state index in [1.807, 2.05) is 35.2 Å². The molecule has 7 heteroatoms. The van der Waals surface area contributed by atoms with Crippen LogP contribution in [0.4, 0.5) is 4.79 Å². The Morgan fingerprint density at radius 1 is 1.04 bits per heavy atom. The van der Waals surface area contributed by atoms with Crippen molar-refractivity contribution in [1.82, 2.24) is 20.2 Å². The fourth-order valence-electron chi connectivity index (χ4n) is 5.48. The van der Waals surface area contributed by atoms with Crippen LogP contribution in [0, 0.1) is 11.8 Å². The third-order valence-electron chi connectivity index (χ3n) is 6.97. The van der Waals surface area contributed by atoms with Crippen LogP contribution in [0.2, 0.25) is 0 Å². The first-order valence-electron chi connectivity index (χ1n) is 10.4. The third-order valence-corrected chi connectivity index (χ3v) is 6.97. The van der Waals surface area contributed by atoms with Gasteiger partial charge in [0.1, 0.15) is 12.6 Å². The smallest absolute Gasteiger partial charge is 0.345 e. The molecule has 1 unspecified atom stereocenters. The van der Waals surface area contributed by atoms with Crippen molar-refractivity contribution in [1.29, 1.82) is 0 Å². The number of benzene rings is 1. The first-order chi connectivity index (χ1) is 13.8. The Kier molecular flexibility index (Phi) is 3.72. The van der Waals surface area contributed by atoms with Gasteiger partial charge in [-0.2, -0.15) is 5.06 Å². The highest BCUT2D eigenvalue weighted by atomic mass is 16.7. The lowest BCUT2D eigenvalue weighted by Crippen LogP contribution is -2.34. The molecule has 146 valence electrons. The Balaban J connectivity index is 1.15. The van der Waals surface area contributed by atoms with Crippen LogP contribution in [0.15, 0.2) is 34.7 Å². The molecule has 4 aliphatic rings. The van der Waals surface area contributed by atoms with E-state index in [1.165, 1.54) is 19.3 Å². The van der Waals surface area contributed by atoms with Gasteiger partial charge in [-0.25, -0.2) is 4.79 Å². The number of carbonyl (C=O) groups excluding carboxylic acids is 1. The highest BCUT2D eigenvalue weighted by Crippen LogP contribution is 2.62. The monoisotopic (exact) mass is 380 g/mol. The zero-order valence-electron chi connectivity index (χ0n) is 15.7. The van der Waals surface area contributed by atoms with E-state index in [-0.39, 0.29) is 18.1 Å². The summed E-state index contributed by atoms with van der Waals surface area (Å²) in [5.74, 6) is 3.34. The average molecular weight is 380 g/mol. The van der Waals surface area contributed by atoms with Crippen molar-refractivity contribution in [3.63, 3.8) is 0 Å². The second-order valence-electron chi connectivity index (χ2n) is 8.53. The van der Waals surface area contributed by atoms with Crippen LogP contribution in [0.25, 0.3) is 0 Å². The quantitative estimate of drug-likeness (QED) is 0.792. The molecule has 2 aliphatic heterocycles. The van der Waals surface area contributed by atoms with Gasteiger partial charge in [-0.1, -0.05) is 36.8 Å². The van der Waals surface area contributed by atoms with Crippen molar-refractivity contribution in [2.45, 2.75) is 56.7 Å². The molecule has 0 spiro atoms. The second kappa shape index (κ2) is 6.30. The van der Waals surface area contributed by atoms with Gasteiger partial charge in [0.15, 0.2) is 0 Å². The minimum absolute atomic E-state index is 0.0912. The van der Waals surface area contributed by atoms with Gasteiger partial charge in [-0.3, -0.25) is 4.84 Å². The Morgan fingerprint density at radius 3 is 2.64 bits per heavy atom. The summed E-state index contributed by atoms with van der Waals surface area (Å²) in [7, 11) is 0. The van der Waals surface area contributed by atoms with E-state index >= 15 is 0 Å². The molecule has 0 radical (unpaired) electrons. The van der Waals surface area contributed by atoms with E-state index in [9.17, 15) is 4.79 Å². The first-order valence-corrected chi connectivity index (χ1v) is 10.4. The molecule has 2 saturated heterocycles. The van der Waals surface area contributed by atoms with Gasteiger partial charge in [0.25, 0.3) is 0 Å². The van der Waals surface area contributed by atoms with Crippen molar-refractivity contribution in [3.8, 4) is 0 Å². The van der Waals surface area contributed by atoms with E-state index in [4.69, 9.17) is 9.25 Å². The molecule has 4 fully saturated rings. The number of hydrogen-bond donors (Lipinski definition) is 0. The van der Waals surface area contributed by atoms with Gasteiger partial charge >= 0.3 is 6.03 Å². The summed E-state index contributed by atoms with van der Waals surface area (Å²) in [6, 6.07) is 9.80. The lowest BCUT2D eigenvalue weighted by molar-refractivity contribution is -0.140. The molecule has 2 aliphatic carbocycles. The van der Waals surface area contributed by atoms with E-state index in [0.717, 1.165) is 36.1 Å². The fourth-order valence-corrected chi connectivity index (χ4v) is 5.48. The zero-order chi connectivity index (χ0) is 18.7. The fraction of sp³-hybridized carbons (Fsp3) is 0.571. The normalized spacial score (nSPS) is 33.4. The van der Waals surface area contributed by atoms with Crippen molar-refractivity contribution >= 4 is 6.03 Å². The van der Waals surface area contributed by atoms with Crippen LogP contribution in [-0.2, 0) is 11.4 Å². The summed E-state index contributed by atoms with van der Waals surface area (Å²) in [6.45, 7) is 1.06. The van der Waals surface area contributed by atoms with Crippen LogP contribution in [-0.4, -0.2) is 38.8 Å². The molecule has 2 amide bonds. The van der Waals surface area contributed by atoms with Crippen LogP contribution < -0.4 is 0 Å². The molecule has 1 aromatic carbocycles. The number of urea groups is 1. The molecule has 28 heavy (non-hydrogen) atoms. The van der Waals surface area contributed by atoms with E-state index in [1.54, 1.807) is 5.06 Å². The minimum atomic E-state index is -0.131. The third kappa shape index (κ3) is 2.56. The van der Waals surface area contributed by atoms with E-state index in [2.05, 4.69) is 10.2 Å². The topological polar surface area (TPSA) is 71.7 Å². The molecule has 7 nitrogen and oxygen atoms in total. The van der Waals surface area contributed by atoms with Crippen LogP contribution in [0.3, 0.4) is 0 Å². The maximum Gasteiger partial charge on any atom is 0.345 e. The largest absolute Gasteiger partial charge is 0.423 e. The number of amides is 2. The number of aromatic nitrogens is 2. The number of piperidine rings is 1. The van der Waals surface area contributed by atoms with Crippen molar-refractivity contribution in [2.24, 2.45) is 11.8 Å². The number of hydroxylamine groups is 2. The van der Waals surface area contributed by atoms with Crippen molar-refractivity contribution in [3.05, 3.63) is 47.7 Å². The molecule has 5 atom stereocenters. The van der Waals surface area contributed by atoms with Crippen LogP contribution in [0.1, 0.15) is 61.4 Å². The van der Waals surface area contributed by atoms with Gasteiger partial charge in [-0.15, -0.1) is 10.2 Å². The first kappa shape index (κ1) is 16.5. The highest BCUT2D eigenvalue weighted by molar-refractivity contribution is 5.77. The number of nitrogens with zero attached hydrogens (tertiary/aromatic N) is 4. The van der Waals surface area contributed by atoms with E-state index < -0.39 is 0 Å². The van der Waals surface area contributed by atoms with Crippen LogP contribution >= 0.6 is 0 Å². The van der Waals surface area contributed by atoms with Gasteiger partial charge in [0, 0.05) is 12.5 Å². The minimum Gasteiger partial charge on any atom is -0.423 e. The van der Waals surface area contributed by atoms with Crippen molar-refractivity contribution < 1.29 is 14.0 Å².